The van der Waals surface area contributed by atoms with Crippen molar-refractivity contribution in [3.63, 3.8) is 0 Å². The quantitative estimate of drug-likeness (QED) is 0.702. The molecule has 158 valence electrons. The number of carbonyl (C=O) groups excluding carboxylic acids is 3. The Morgan fingerprint density at radius 3 is 2.52 bits per heavy atom. The molecule has 7 nitrogen and oxygen atoms in total. The van der Waals surface area contributed by atoms with Crippen molar-refractivity contribution < 1.29 is 24.2 Å². The number of hydrogen-bond donors (Lipinski definition) is 1. The van der Waals surface area contributed by atoms with Crippen LogP contribution in [-0.2, 0) is 19.8 Å². The second-order valence-corrected chi connectivity index (χ2v) is 8.48. The van der Waals surface area contributed by atoms with Gasteiger partial charge >= 0.3 is 0 Å². The Balaban J connectivity index is 1.92. The van der Waals surface area contributed by atoms with Crippen LogP contribution in [0.3, 0.4) is 0 Å². The molecule has 2 heterocycles. The van der Waals surface area contributed by atoms with Crippen LogP contribution in [0.5, 0.6) is 5.75 Å². The number of benzene rings is 1. The summed E-state index contributed by atoms with van der Waals surface area (Å²) in [6.45, 7) is 5.20. The van der Waals surface area contributed by atoms with Gasteiger partial charge in [-0.05, 0) is 36.5 Å². The van der Waals surface area contributed by atoms with Crippen molar-refractivity contribution in [2.24, 2.45) is 5.92 Å². The average molecular weight is 402 g/mol. The molecule has 1 N–H and O–H groups in total. The summed E-state index contributed by atoms with van der Waals surface area (Å²) < 4.78 is 5.21. The van der Waals surface area contributed by atoms with Crippen molar-refractivity contribution in [3.8, 4) is 5.75 Å². The first kappa shape index (κ1) is 21.3. The molecule has 0 bridgehead atoms. The Bertz CT molecular complexity index is 776. The van der Waals surface area contributed by atoms with Crippen LogP contribution in [0.4, 0.5) is 0 Å². The zero-order chi connectivity index (χ0) is 21.2. The van der Waals surface area contributed by atoms with Gasteiger partial charge in [0.25, 0.3) is 0 Å². The standard InChI is InChI=1S/C22H30N2O5/c1-15(2)8-11-24-20(27)13-22(21(24)28,16-4-6-18(29-3)7-5-16)12-19(26)23-10-9-17(25)14-23/h4-7,15,17,25H,8-14H2,1-3H3/t17-,22-/m1/s1. The molecule has 0 aromatic heterocycles. The molecule has 3 rings (SSSR count). The number of hydrogen-bond acceptors (Lipinski definition) is 5. The third kappa shape index (κ3) is 4.29. The SMILES string of the molecule is COc1ccc([C@@]2(CC(=O)N3CC[C@@H](O)C3)CC(=O)N(CCC(C)C)C2=O)cc1. The average Bonchev–Trinajstić information content (AvgIpc) is 3.22. The van der Waals surface area contributed by atoms with Gasteiger partial charge in [-0.1, -0.05) is 26.0 Å². The first-order valence-corrected chi connectivity index (χ1v) is 10.2. The highest BCUT2D eigenvalue weighted by atomic mass is 16.5. The van der Waals surface area contributed by atoms with Crippen molar-refractivity contribution in [2.45, 2.75) is 51.0 Å². The summed E-state index contributed by atoms with van der Waals surface area (Å²) >= 11 is 0. The van der Waals surface area contributed by atoms with E-state index >= 15 is 0 Å². The van der Waals surface area contributed by atoms with Gasteiger partial charge < -0.3 is 14.7 Å². The van der Waals surface area contributed by atoms with Gasteiger partial charge in [-0.15, -0.1) is 0 Å². The summed E-state index contributed by atoms with van der Waals surface area (Å²) in [6, 6.07) is 7.02. The number of ether oxygens (including phenoxy) is 1. The highest BCUT2D eigenvalue weighted by Gasteiger charge is 2.54. The number of aliphatic hydroxyl groups excluding tert-OH is 1. The monoisotopic (exact) mass is 402 g/mol. The zero-order valence-corrected chi connectivity index (χ0v) is 17.4. The first-order chi connectivity index (χ1) is 13.8. The predicted molar refractivity (Wildman–Crippen MR) is 107 cm³/mol. The topological polar surface area (TPSA) is 87.2 Å². The highest BCUT2D eigenvalue weighted by molar-refractivity contribution is 6.10. The van der Waals surface area contributed by atoms with Crippen molar-refractivity contribution in [3.05, 3.63) is 29.8 Å². The van der Waals surface area contributed by atoms with E-state index in [2.05, 4.69) is 0 Å². The Labute approximate surface area is 171 Å². The molecule has 1 aromatic rings. The molecule has 2 aliphatic rings. The molecule has 2 aliphatic heterocycles. The smallest absolute Gasteiger partial charge is 0.240 e. The Hall–Kier alpha value is -2.41. The number of carbonyl (C=O) groups is 3. The molecule has 0 aliphatic carbocycles. The minimum Gasteiger partial charge on any atom is -0.497 e. The summed E-state index contributed by atoms with van der Waals surface area (Å²) in [5.41, 5.74) is -0.554. The molecule has 0 saturated carbocycles. The highest BCUT2D eigenvalue weighted by Crippen LogP contribution is 2.41. The van der Waals surface area contributed by atoms with E-state index in [0.717, 1.165) is 6.42 Å². The number of rotatable bonds is 7. The molecule has 2 atom stereocenters. The molecular weight excluding hydrogens is 372 g/mol. The Morgan fingerprint density at radius 1 is 1.28 bits per heavy atom. The molecule has 1 aromatic carbocycles. The van der Waals surface area contributed by atoms with Crippen molar-refractivity contribution in [1.82, 2.24) is 9.80 Å². The van der Waals surface area contributed by atoms with E-state index < -0.39 is 11.5 Å². The maximum atomic E-state index is 13.5. The van der Waals surface area contributed by atoms with Crippen LogP contribution in [0.2, 0.25) is 0 Å². The molecule has 2 fully saturated rings. The third-order valence-corrected chi connectivity index (χ3v) is 5.95. The summed E-state index contributed by atoms with van der Waals surface area (Å²) in [5.74, 6) is 0.261. The third-order valence-electron chi connectivity index (χ3n) is 5.95. The molecule has 7 heteroatoms. The predicted octanol–water partition coefficient (Wildman–Crippen LogP) is 1.72. The molecule has 0 radical (unpaired) electrons. The minimum atomic E-state index is -1.20. The number of β-amino-alcohol motifs (C(OH)–C–C–N with tert-alkyl or cyclic N) is 1. The van der Waals surface area contributed by atoms with E-state index in [0.29, 0.717) is 36.7 Å². The van der Waals surface area contributed by atoms with Crippen molar-refractivity contribution in [2.75, 3.05) is 26.7 Å². The molecule has 0 spiro atoms. The van der Waals surface area contributed by atoms with E-state index in [1.807, 2.05) is 13.8 Å². The van der Waals surface area contributed by atoms with Gasteiger partial charge in [-0.3, -0.25) is 19.3 Å². The molecule has 29 heavy (non-hydrogen) atoms. The van der Waals surface area contributed by atoms with Crippen LogP contribution in [0.15, 0.2) is 24.3 Å². The van der Waals surface area contributed by atoms with Gasteiger partial charge in [0.2, 0.25) is 17.7 Å². The zero-order valence-electron chi connectivity index (χ0n) is 17.4. The fourth-order valence-electron chi connectivity index (χ4n) is 4.13. The second-order valence-electron chi connectivity index (χ2n) is 8.48. The van der Waals surface area contributed by atoms with Crippen molar-refractivity contribution >= 4 is 17.7 Å². The molecule has 0 unspecified atom stereocenters. The summed E-state index contributed by atoms with van der Waals surface area (Å²) in [4.78, 5) is 42.1. The largest absolute Gasteiger partial charge is 0.497 e. The van der Waals surface area contributed by atoms with Crippen LogP contribution in [0, 0.1) is 5.92 Å². The first-order valence-electron chi connectivity index (χ1n) is 10.2. The lowest BCUT2D eigenvalue weighted by Crippen LogP contribution is -2.43. The van der Waals surface area contributed by atoms with E-state index in [1.165, 1.54) is 4.90 Å². The van der Waals surface area contributed by atoms with Gasteiger partial charge in [-0.2, -0.15) is 0 Å². The van der Waals surface area contributed by atoms with Crippen molar-refractivity contribution in [1.29, 1.82) is 0 Å². The van der Waals surface area contributed by atoms with E-state index in [4.69, 9.17) is 4.74 Å². The van der Waals surface area contributed by atoms with Gasteiger partial charge in [-0.25, -0.2) is 0 Å². The lowest BCUT2D eigenvalue weighted by Gasteiger charge is -2.29. The van der Waals surface area contributed by atoms with Gasteiger partial charge in [0, 0.05) is 32.5 Å². The number of likely N-dealkylation sites (tertiary alicyclic amines) is 2. The van der Waals surface area contributed by atoms with E-state index in [1.54, 1.807) is 36.3 Å². The lowest BCUT2D eigenvalue weighted by atomic mass is 9.75. The number of amides is 3. The van der Waals surface area contributed by atoms with Crippen LogP contribution >= 0.6 is 0 Å². The van der Waals surface area contributed by atoms with Crippen LogP contribution in [-0.4, -0.2) is 65.5 Å². The Kier molecular flexibility index (Phi) is 6.27. The maximum absolute atomic E-state index is 13.5. The summed E-state index contributed by atoms with van der Waals surface area (Å²) in [7, 11) is 1.56. The summed E-state index contributed by atoms with van der Waals surface area (Å²) in [5, 5.41) is 9.77. The van der Waals surface area contributed by atoms with E-state index in [9.17, 15) is 19.5 Å². The minimum absolute atomic E-state index is 0.0155. The second kappa shape index (κ2) is 8.53. The van der Waals surface area contributed by atoms with Crippen LogP contribution in [0.25, 0.3) is 0 Å². The molecule has 3 amide bonds. The number of nitrogens with zero attached hydrogens (tertiary/aromatic N) is 2. The van der Waals surface area contributed by atoms with E-state index in [-0.39, 0.29) is 37.1 Å². The molecule has 2 saturated heterocycles. The maximum Gasteiger partial charge on any atom is 0.240 e. The van der Waals surface area contributed by atoms with Gasteiger partial charge in [0.05, 0.1) is 18.6 Å². The van der Waals surface area contributed by atoms with Gasteiger partial charge in [0.1, 0.15) is 5.75 Å². The fraction of sp³-hybridized carbons (Fsp3) is 0.591. The number of aliphatic hydroxyl groups is 1. The van der Waals surface area contributed by atoms with Crippen LogP contribution < -0.4 is 4.74 Å². The summed E-state index contributed by atoms with van der Waals surface area (Å²) in [6.07, 6.45) is 0.643. The Morgan fingerprint density at radius 2 is 1.97 bits per heavy atom. The number of imide groups is 1. The molecular formula is C22H30N2O5. The number of methoxy groups -OCH3 is 1. The normalized spacial score (nSPS) is 24.7. The lowest BCUT2D eigenvalue weighted by molar-refractivity contribution is -0.142. The van der Waals surface area contributed by atoms with Crippen LogP contribution in [0.1, 0.15) is 45.1 Å². The van der Waals surface area contributed by atoms with Gasteiger partial charge in [0.15, 0.2) is 0 Å². The fourth-order valence-corrected chi connectivity index (χ4v) is 4.13.